The average molecular weight is 356 g/mol. The highest BCUT2D eigenvalue weighted by Crippen LogP contribution is 2.23. The highest BCUT2D eigenvalue weighted by atomic mass is 16.4. The van der Waals surface area contributed by atoms with E-state index in [-0.39, 0.29) is 5.91 Å². The molecular formula is C20H28N4O2. The molecule has 0 radical (unpaired) electrons. The smallest absolute Gasteiger partial charge is 0.289 e. The topological polar surface area (TPSA) is 54.5 Å². The van der Waals surface area contributed by atoms with Gasteiger partial charge in [0.2, 0.25) is 0 Å². The quantitative estimate of drug-likeness (QED) is 0.798. The molecule has 4 rings (SSSR count). The molecule has 140 valence electrons. The van der Waals surface area contributed by atoms with E-state index < -0.39 is 0 Å². The van der Waals surface area contributed by atoms with Gasteiger partial charge in [-0.1, -0.05) is 0 Å². The Balaban J connectivity index is 1.24. The second-order valence-corrected chi connectivity index (χ2v) is 7.54. The number of furan rings is 1. The zero-order valence-corrected chi connectivity index (χ0v) is 15.3. The number of carbonyl (C=O) groups excluding carboxylic acids is 1. The van der Waals surface area contributed by atoms with Crippen LogP contribution in [0.4, 0.5) is 0 Å². The summed E-state index contributed by atoms with van der Waals surface area (Å²) >= 11 is 0. The zero-order valence-electron chi connectivity index (χ0n) is 15.3. The molecule has 2 fully saturated rings. The van der Waals surface area contributed by atoms with E-state index >= 15 is 0 Å². The van der Waals surface area contributed by atoms with Gasteiger partial charge in [0.15, 0.2) is 5.76 Å². The highest BCUT2D eigenvalue weighted by Gasteiger charge is 2.25. The van der Waals surface area contributed by atoms with Crippen LogP contribution in [0.5, 0.6) is 0 Å². The summed E-state index contributed by atoms with van der Waals surface area (Å²) in [6.45, 7) is 5.70. The minimum atomic E-state index is 0.0446. The van der Waals surface area contributed by atoms with Crippen molar-refractivity contribution in [2.75, 3.05) is 26.2 Å². The van der Waals surface area contributed by atoms with Crippen molar-refractivity contribution in [2.24, 2.45) is 5.92 Å². The lowest BCUT2D eigenvalue weighted by Crippen LogP contribution is -2.38. The van der Waals surface area contributed by atoms with Crippen LogP contribution in [0.1, 0.15) is 48.4 Å². The van der Waals surface area contributed by atoms with Gasteiger partial charge in [-0.05, 0) is 69.3 Å². The number of carbonyl (C=O) groups is 1. The third-order valence-corrected chi connectivity index (χ3v) is 5.68. The minimum Gasteiger partial charge on any atom is -0.455 e. The van der Waals surface area contributed by atoms with E-state index in [0.29, 0.717) is 11.7 Å². The van der Waals surface area contributed by atoms with Gasteiger partial charge in [-0.25, -0.2) is 0 Å². The molecule has 2 aliphatic rings. The van der Waals surface area contributed by atoms with Crippen molar-refractivity contribution in [2.45, 2.75) is 45.2 Å². The van der Waals surface area contributed by atoms with Crippen molar-refractivity contribution >= 4 is 5.91 Å². The SMILES string of the molecule is O=C(c1ccc(CN2CCCC2)o1)N1CCC(CCn2cccn2)CC1. The Morgan fingerprint density at radius 1 is 1.15 bits per heavy atom. The van der Waals surface area contributed by atoms with Crippen LogP contribution in [0.3, 0.4) is 0 Å². The first-order chi connectivity index (χ1) is 12.8. The van der Waals surface area contributed by atoms with Gasteiger partial charge in [0.1, 0.15) is 5.76 Å². The van der Waals surface area contributed by atoms with Crippen LogP contribution in [0.25, 0.3) is 0 Å². The number of hydrogen-bond donors (Lipinski definition) is 0. The summed E-state index contributed by atoms with van der Waals surface area (Å²) in [5.74, 6) is 2.12. The maximum atomic E-state index is 12.7. The predicted molar refractivity (Wildman–Crippen MR) is 98.7 cm³/mol. The Morgan fingerprint density at radius 3 is 2.69 bits per heavy atom. The van der Waals surface area contributed by atoms with Crippen LogP contribution >= 0.6 is 0 Å². The van der Waals surface area contributed by atoms with Gasteiger partial charge in [-0.2, -0.15) is 5.10 Å². The third-order valence-electron chi connectivity index (χ3n) is 5.68. The summed E-state index contributed by atoms with van der Waals surface area (Å²) < 4.78 is 7.83. The fraction of sp³-hybridized carbons (Fsp3) is 0.600. The van der Waals surface area contributed by atoms with E-state index in [9.17, 15) is 4.79 Å². The van der Waals surface area contributed by atoms with Gasteiger partial charge < -0.3 is 9.32 Å². The molecule has 2 saturated heterocycles. The molecule has 6 nitrogen and oxygen atoms in total. The summed E-state index contributed by atoms with van der Waals surface area (Å²) in [6, 6.07) is 5.77. The van der Waals surface area contributed by atoms with Crippen molar-refractivity contribution in [3.8, 4) is 0 Å². The number of piperidine rings is 1. The molecule has 0 spiro atoms. The Hall–Kier alpha value is -2.08. The van der Waals surface area contributed by atoms with Crippen LogP contribution in [0.15, 0.2) is 35.0 Å². The number of aryl methyl sites for hydroxylation is 1. The normalized spacial score (nSPS) is 19.3. The van der Waals surface area contributed by atoms with E-state index in [0.717, 1.165) is 64.3 Å². The molecule has 0 aromatic carbocycles. The molecule has 0 aliphatic carbocycles. The molecule has 4 heterocycles. The molecule has 0 bridgehead atoms. The number of nitrogens with zero attached hydrogens (tertiary/aromatic N) is 4. The predicted octanol–water partition coefficient (Wildman–Crippen LogP) is 3.01. The largest absolute Gasteiger partial charge is 0.455 e. The van der Waals surface area contributed by atoms with Crippen molar-refractivity contribution in [3.63, 3.8) is 0 Å². The van der Waals surface area contributed by atoms with Gasteiger partial charge in [0, 0.05) is 32.0 Å². The fourth-order valence-corrected chi connectivity index (χ4v) is 4.07. The molecular weight excluding hydrogens is 328 g/mol. The molecule has 1 amide bonds. The molecule has 2 aromatic heterocycles. The molecule has 6 heteroatoms. The van der Waals surface area contributed by atoms with Crippen LogP contribution in [-0.4, -0.2) is 51.7 Å². The summed E-state index contributed by atoms with van der Waals surface area (Å²) in [5.41, 5.74) is 0. The maximum absolute atomic E-state index is 12.7. The molecule has 0 N–H and O–H groups in total. The zero-order chi connectivity index (χ0) is 17.8. The van der Waals surface area contributed by atoms with E-state index in [4.69, 9.17) is 4.42 Å². The molecule has 2 aromatic rings. The summed E-state index contributed by atoms with van der Waals surface area (Å²) in [5, 5.41) is 4.26. The fourth-order valence-electron chi connectivity index (χ4n) is 4.07. The average Bonchev–Trinajstić information content (AvgIpc) is 3.43. The molecule has 0 saturated carbocycles. The van der Waals surface area contributed by atoms with Crippen LogP contribution in [0.2, 0.25) is 0 Å². The standard InChI is InChI=1S/C20H28N4O2/c25-20(19-5-4-18(26-19)16-22-10-1-2-11-22)23-13-6-17(7-14-23)8-15-24-12-3-9-21-24/h3-5,9,12,17H,1-2,6-8,10-11,13-16H2. The maximum Gasteiger partial charge on any atom is 0.289 e. The van der Waals surface area contributed by atoms with Gasteiger partial charge in [0.05, 0.1) is 6.54 Å². The van der Waals surface area contributed by atoms with E-state index in [1.54, 1.807) is 0 Å². The Morgan fingerprint density at radius 2 is 1.96 bits per heavy atom. The second-order valence-electron chi connectivity index (χ2n) is 7.54. The van der Waals surface area contributed by atoms with E-state index in [1.165, 1.54) is 12.8 Å². The first-order valence-corrected chi connectivity index (χ1v) is 9.86. The van der Waals surface area contributed by atoms with Crippen molar-refractivity contribution in [1.29, 1.82) is 0 Å². The second kappa shape index (κ2) is 8.08. The van der Waals surface area contributed by atoms with Crippen LogP contribution in [0, 0.1) is 5.92 Å². The lowest BCUT2D eigenvalue weighted by Gasteiger charge is -2.31. The molecule has 26 heavy (non-hydrogen) atoms. The van der Waals surface area contributed by atoms with Crippen LogP contribution in [-0.2, 0) is 13.1 Å². The summed E-state index contributed by atoms with van der Waals surface area (Å²) in [6.07, 6.45) is 9.62. The third kappa shape index (κ3) is 4.18. The lowest BCUT2D eigenvalue weighted by molar-refractivity contribution is 0.0649. The molecule has 0 unspecified atom stereocenters. The van der Waals surface area contributed by atoms with Crippen molar-refractivity contribution in [1.82, 2.24) is 19.6 Å². The number of hydrogen-bond acceptors (Lipinski definition) is 4. The summed E-state index contributed by atoms with van der Waals surface area (Å²) in [4.78, 5) is 17.0. The number of likely N-dealkylation sites (tertiary alicyclic amines) is 2. The first-order valence-electron chi connectivity index (χ1n) is 9.86. The lowest BCUT2D eigenvalue weighted by atomic mass is 9.93. The monoisotopic (exact) mass is 356 g/mol. The number of rotatable bonds is 6. The van der Waals surface area contributed by atoms with Crippen LogP contribution < -0.4 is 0 Å². The molecule has 2 aliphatic heterocycles. The van der Waals surface area contributed by atoms with Gasteiger partial charge in [-0.3, -0.25) is 14.4 Å². The van der Waals surface area contributed by atoms with Gasteiger partial charge >= 0.3 is 0 Å². The van der Waals surface area contributed by atoms with Crippen molar-refractivity contribution in [3.05, 3.63) is 42.1 Å². The Labute approximate surface area is 154 Å². The van der Waals surface area contributed by atoms with Crippen molar-refractivity contribution < 1.29 is 9.21 Å². The number of aromatic nitrogens is 2. The highest BCUT2D eigenvalue weighted by molar-refractivity contribution is 5.91. The number of amides is 1. The first kappa shape index (κ1) is 17.3. The molecule has 0 atom stereocenters. The Bertz CT molecular complexity index is 695. The summed E-state index contributed by atoms with van der Waals surface area (Å²) in [7, 11) is 0. The van der Waals surface area contributed by atoms with E-state index in [1.807, 2.05) is 40.2 Å². The van der Waals surface area contributed by atoms with E-state index in [2.05, 4.69) is 10.00 Å². The minimum absolute atomic E-state index is 0.0446. The Kier molecular flexibility index (Phi) is 5.39. The van der Waals surface area contributed by atoms with Gasteiger partial charge in [-0.15, -0.1) is 0 Å². The van der Waals surface area contributed by atoms with Gasteiger partial charge in [0.25, 0.3) is 5.91 Å².